The van der Waals surface area contributed by atoms with Gasteiger partial charge in [0.15, 0.2) is 0 Å². The molecular formula is C24H24BN. The summed E-state index contributed by atoms with van der Waals surface area (Å²) < 4.78 is 0. The molecule has 1 nitrogen and oxygen atoms in total. The van der Waals surface area contributed by atoms with Crippen molar-refractivity contribution in [2.75, 3.05) is 4.81 Å². The first kappa shape index (κ1) is 16.7. The monoisotopic (exact) mass is 337 g/mol. The van der Waals surface area contributed by atoms with E-state index < -0.39 is 0 Å². The van der Waals surface area contributed by atoms with Gasteiger partial charge >= 0.3 is 0 Å². The Morgan fingerprint density at radius 1 is 0.692 bits per heavy atom. The van der Waals surface area contributed by atoms with E-state index in [4.69, 9.17) is 0 Å². The molecule has 0 N–H and O–H groups in total. The standard InChI is InChI=1S/C24H24BN/c1-18(19-11-5-4-6-12-19)26(25(2)3)24-22-15-9-7-13-20(22)17-21-14-8-10-16-23(21)24/h4-18H,1-3H3. The Kier molecular flexibility index (Phi) is 4.42. The summed E-state index contributed by atoms with van der Waals surface area (Å²) in [5, 5.41) is 5.24. The van der Waals surface area contributed by atoms with Crippen LogP contribution in [0.25, 0.3) is 21.5 Å². The molecular weight excluding hydrogens is 313 g/mol. The first-order valence-electron chi connectivity index (χ1n) is 9.40. The highest BCUT2D eigenvalue weighted by Crippen LogP contribution is 2.40. The van der Waals surface area contributed by atoms with Gasteiger partial charge in [-0.1, -0.05) is 92.5 Å². The number of hydrogen-bond acceptors (Lipinski definition) is 1. The van der Waals surface area contributed by atoms with Crippen LogP contribution in [-0.2, 0) is 0 Å². The predicted molar refractivity (Wildman–Crippen MR) is 116 cm³/mol. The highest BCUT2D eigenvalue weighted by atomic mass is 15.1. The summed E-state index contributed by atoms with van der Waals surface area (Å²) in [6, 6.07) is 30.9. The number of fused-ring (bicyclic) bond motifs is 2. The largest absolute Gasteiger partial charge is 0.408 e. The summed E-state index contributed by atoms with van der Waals surface area (Å²) in [5.41, 5.74) is 2.68. The number of hydrogen-bond donors (Lipinski definition) is 0. The average molecular weight is 337 g/mol. The second-order valence-electron chi connectivity index (χ2n) is 7.26. The molecule has 4 aromatic carbocycles. The van der Waals surface area contributed by atoms with E-state index in [1.54, 1.807) is 0 Å². The molecule has 0 heterocycles. The van der Waals surface area contributed by atoms with Crippen LogP contribution in [0, 0.1) is 0 Å². The van der Waals surface area contributed by atoms with E-state index in [0.717, 1.165) is 0 Å². The maximum atomic E-state index is 2.57. The van der Waals surface area contributed by atoms with Crippen molar-refractivity contribution in [3.63, 3.8) is 0 Å². The Hall–Kier alpha value is -2.74. The summed E-state index contributed by atoms with van der Waals surface area (Å²) in [7, 11) is 0. The summed E-state index contributed by atoms with van der Waals surface area (Å²) in [6.07, 6.45) is 0. The van der Waals surface area contributed by atoms with E-state index in [9.17, 15) is 0 Å². The van der Waals surface area contributed by atoms with Crippen LogP contribution in [0.3, 0.4) is 0 Å². The molecule has 4 rings (SSSR count). The molecule has 0 bridgehead atoms. The molecule has 0 aromatic heterocycles. The zero-order valence-corrected chi connectivity index (χ0v) is 15.7. The summed E-state index contributed by atoms with van der Waals surface area (Å²) in [4.78, 5) is 2.57. The second kappa shape index (κ2) is 6.88. The molecule has 0 radical (unpaired) electrons. The zero-order chi connectivity index (χ0) is 18.1. The van der Waals surface area contributed by atoms with Gasteiger partial charge in [0.1, 0.15) is 0 Å². The van der Waals surface area contributed by atoms with Gasteiger partial charge in [-0.25, -0.2) is 0 Å². The molecule has 26 heavy (non-hydrogen) atoms. The SMILES string of the molecule is CB(C)N(c1c2ccccc2cc2ccccc12)C(C)c1ccccc1. The second-order valence-corrected chi connectivity index (χ2v) is 7.26. The molecule has 0 saturated heterocycles. The molecule has 1 unspecified atom stereocenters. The summed E-state index contributed by atoms with van der Waals surface area (Å²) in [5.74, 6) is 0. The van der Waals surface area contributed by atoms with Gasteiger partial charge in [-0.2, -0.15) is 0 Å². The lowest BCUT2D eigenvalue weighted by Gasteiger charge is -2.36. The van der Waals surface area contributed by atoms with Gasteiger partial charge < -0.3 is 4.81 Å². The van der Waals surface area contributed by atoms with Crippen LogP contribution in [-0.4, -0.2) is 6.85 Å². The van der Waals surface area contributed by atoms with Gasteiger partial charge in [0.05, 0.1) is 0 Å². The van der Waals surface area contributed by atoms with Gasteiger partial charge in [0, 0.05) is 22.5 Å². The van der Waals surface area contributed by atoms with E-state index in [0.29, 0.717) is 12.9 Å². The Balaban J connectivity index is 2.02. The molecule has 128 valence electrons. The van der Waals surface area contributed by atoms with Crippen molar-refractivity contribution in [3.05, 3.63) is 90.5 Å². The maximum Gasteiger partial charge on any atom is 0.248 e. The summed E-state index contributed by atoms with van der Waals surface area (Å²) >= 11 is 0. The summed E-state index contributed by atoms with van der Waals surface area (Å²) in [6.45, 7) is 7.28. The topological polar surface area (TPSA) is 3.24 Å². The lowest BCUT2D eigenvalue weighted by molar-refractivity contribution is 0.806. The Morgan fingerprint density at radius 3 is 1.73 bits per heavy atom. The minimum absolute atomic E-state index is 0.297. The van der Waals surface area contributed by atoms with Crippen molar-refractivity contribution in [1.29, 1.82) is 0 Å². The van der Waals surface area contributed by atoms with Crippen LogP contribution in [0.4, 0.5) is 5.69 Å². The van der Waals surface area contributed by atoms with Crippen LogP contribution >= 0.6 is 0 Å². The third-order valence-corrected chi connectivity index (χ3v) is 5.26. The Morgan fingerprint density at radius 2 is 1.19 bits per heavy atom. The molecule has 4 aromatic rings. The van der Waals surface area contributed by atoms with E-state index >= 15 is 0 Å². The number of anilines is 1. The molecule has 0 aliphatic heterocycles. The van der Waals surface area contributed by atoms with Gasteiger partial charge in [-0.05, 0) is 29.3 Å². The molecule has 0 aliphatic rings. The predicted octanol–water partition coefficient (Wildman–Crippen LogP) is 6.81. The van der Waals surface area contributed by atoms with Crippen LogP contribution < -0.4 is 4.81 Å². The van der Waals surface area contributed by atoms with Crippen molar-refractivity contribution >= 4 is 34.1 Å². The quantitative estimate of drug-likeness (QED) is 0.292. The van der Waals surface area contributed by atoms with Crippen molar-refractivity contribution in [1.82, 2.24) is 0 Å². The Labute approximate surface area is 156 Å². The van der Waals surface area contributed by atoms with Gasteiger partial charge in [-0.15, -0.1) is 0 Å². The van der Waals surface area contributed by atoms with Crippen LogP contribution in [0.1, 0.15) is 18.5 Å². The fraction of sp³-hybridized carbons (Fsp3) is 0.167. The lowest BCUT2D eigenvalue weighted by Crippen LogP contribution is -2.37. The third-order valence-electron chi connectivity index (χ3n) is 5.26. The minimum atomic E-state index is 0.297. The molecule has 0 fully saturated rings. The maximum absolute atomic E-state index is 2.57. The zero-order valence-electron chi connectivity index (χ0n) is 15.7. The molecule has 2 heteroatoms. The minimum Gasteiger partial charge on any atom is -0.408 e. The molecule has 0 aliphatic carbocycles. The first-order chi connectivity index (χ1) is 12.7. The lowest BCUT2D eigenvalue weighted by atomic mass is 9.64. The van der Waals surface area contributed by atoms with E-state index in [2.05, 4.69) is 110 Å². The van der Waals surface area contributed by atoms with Crippen molar-refractivity contribution < 1.29 is 0 Å². The van der Waals surface area contributed by atoms with Gasteiger partial charge in [0.2, 0.25) is 6.85 Å². The van der Waals surface area contributed by atoms with Crippen LogP contribution in [0.2, 0.25) is 13.6 Å². The van der Waals surface area contributed by atoms with Crippen LogP contribution in [0.15, 0.2) is 84.9 Å². The molecule has 0 spiro atoms. The van der Waals surface area contributed by atoms with E-state index in [1.807, 2.05) is 0 Å². The van der Waals surface area contributed by atoms with Crippen molar-refractivity contribution in [2.45, 2.75) is 26.6 Å². The van der Waals surface area contributed by atoms with Crippen LogP contribution in [0.5, 0.6) is 0 Å². The fourth-order valence-corrected chi connectivity index (χ4v) is 4.06. The first-order valence-corrected chi connectivity index (χ1v) is 9.40. The molecule has 0 amide bonds. The van der Waals surface area contributed by atoms with E-state index in [-0.39, 0.29) is 0 Å². The third kappa shape index (κ3) is 2.86. The average Bonchev–Trinajstić information content (AvgIpc) is 2.68. The molecule has 1 atom stereocenters. The number of benzene rings is 4. The smallest absolute Gasteiger partial charge is 0.248 e. The normalized spacial score (nSPS) is 12.3. The fourth-order valence-electron chi connectivity index (χ4n) is 4.06. The van der Waals surface area contributed by atoms with Gasteiger partial charge in [0.25, 0.3) is 0 Å². The van der Waals surface area contributed by atoms with Crippen molar-refractivity contribution in [3.8, 4) is 0 Å². The highest BCUT2D eigenvalue weighted by molar-refractivity contribution is 6.61. The van der Waals surface area contributed by atoms with Gasteiger partial charge in [-0.3, -0.25) is 0 Å². The van der Waals surface area contributed by atoms with Crippen molar-refractivity contribution in [2.24, 2.45) is 0 Å². The highest BCUT2D eigenvalue weighted by Gasteiger charge is 2.24. The molecule has 0 saturated carbocycles. The van der Waals surface area contributed by atoms with E-state index in [1.165, 1.54) is 32.8 Å². The Bertz CT molecular complexity index is 986. The number of nitrogens with zero attached hydrogens (tertiary/aromatic N) is 1. The number of rotatable bonds is 4.